The summed E-state index contributed by atoms with van der Waals surface area (Å²) >= 11 is 0. The van der Waals surface area contributed by atoms with Crippen LogP contribution >= 0.6 is 0 Å². The van der Waals surface area contributed by atoms with Crippen LogP contribution in [0.1, 0.15) is 5.56 Å². The molecule has 0 radical (unpaired) electrons. The number of nitrogens with zero attached hydrogens (tertiary/aromatic N) is 2. The maximum absolute atomic E-state index is 10.5. The summed E-state index contributed by atoms with van der Waals surface area (Å²) < 4.78 is 0. The molecule has 0 atom stereocenters. The van der Waals surface area contributed by atoms with Gasteiger partial charge in [0.05, 0.1) is 6.21 Å². The van der Waals surface area contributed by atoms with Crippen LogP contribution in [0.5, 0.6) is 0 Å². The Morgan fingerprint density at radius 2 is 1.65 bits per heavy atom. The van der Waals surface area contributed by atoms with Gasteiger partial charge in [-0.1, -0.05) is 30.3 Å². The monoisotopic (exact) mass is 236 g/mol. The van der Waals surface area contributed by atoms with E-state index in [-0.39, 0.29) is 0 Å². The lowest BCUT2D eigenvalue weighted by Crippen LogP contribution is -2.30. The topological polar surface area (TPSA) is 90.2 Å². The van der Waals surface area contributed by atoms with Gasteiger partial charge in [0.15, 0.2) is 0 Å². The van der Waals surface area contributed by atoms with Gasteiger partial charge in [-0.05, 0) is 5.56 Å². The average molecular weight is 236 g/mol. The van der Waals surface area contributed by atoms with Crippen molar-refractivity contribution < 1.29 is 19.8 Å². The van der Waals surface area contributed by atoms with Gasteiger partial charge in [-0.25, -0.2) is 0 Å². The van der Waals surface area contributed by atoms with Gasteiger partial charge in [-0.2, -0.15) is 5.10 Å². The van der Waals surface area contributed by atoms with E-state index in [1.54, 1.807) is 24.3 Å². The van der Waals surface area contributed by atoms with Crippen molar-refractivity contribution in [2.45, 2.75) is 0 Å². The summed E-state index contributed by atoms with van der Waals surface area (Å²) in [4.78, 5) is 21.0. The highest BCUT2D eigenvalue weighted by atomic mass is 16.4. The molecular formula is C11H12N2O4. The van der Waals surface area contributed by atoms with Crippen molar-refractivity contribution in [1.82, 2.24) is 5.01 Å². The summed E-state index contributed by atoms with van der Waals surface area (Å²) in [6.07, 6.45) is 1.42. The summed E-state index contributed by atoms with van der Waals surface area (Å²) in [6, 6.07) is 9.01. The van der Waals surface area contributed by atoms with Crippen molar-refractivity contribution in [3.63, 3.8) is 0 Å². The maximum atomic E-state index is 10.5. The number of hydrazone groups is 1. The van der Waals surface area contributed by atoms with Crippen LogP contribution in [0.2, 0.25) is 0 Å². The Kier molecular flexibility index (Phi) is 4.68. The highest BCUT2D eigenvalue weighted by Crippen LogP contribution is 1.96. The Hall–Kier alpha value is -2.37. The zero-order valence-corrected chi connectivity index (χ0v) is 8.98. The summed E-state index contributed by atoms with van der Waals surface area (Å²) in [5.41, 5.74) is 0.772. The van der Waals surface area contributed by atoms with Crippen molar-refractivity contribution in [2.75, 3.05) is 13.1 Å². The van der Waals surface area contributed by atoms with E-state index in [0.29, 0.717) is 0 Å². The van der Waals surface area contributed by atoms with Crippen LogP contribution in [0.3, 0.4) is 0 Å². The fourth-order valence-electron chi connectivity index (χ4n) is 1.14. The van der Waals surface area contributed by atoms with Gasteiger partial charge in [0.25, 0.3) is 0 Å². The second-order valence-electron chi connectivity index (χ2n) is 3.27. The van der Waals surface area contributed by atoms with Gasteiger partial charge in [0, 0.05) is 0 Å². The van der Waals surface area contributed by atoms with E-state index >= 15 is 0 Å². The van der Waals surface area contributed by atoms with Gasteiger partial charge in [-0.15, -0.1) is 0 Å². The number of hydrogen-bond donors (Lipinski definition) is 2. The lowest BCUT2D eigenvalue weighted by Gasteiger charge is -2.13. The predicted octanol–water partition coefficient (Wildman–Crippen LogP) is 0.492. The van der Waals surface area contributed by atoms with Gasteiger partial charge < -0.3 is 10.2 Å². The van der Waals surface area contributed by atoms with Crippen LogP contribution < -0.4 is 0 Å². The minimum absolute atomic E-state index is 0.449. The highest BCUT2D eigenvalue weighted by Gasteiger charge is 2.10. The minimum atomic E-state index is -1.13. The summed E-state index contributed by atoms with van der Waals surface area (Å²) in [5, 5.41) is 22.0. The second-order valence-corrected chi connectivity index (χ2v) is 3.27. The van der Waals surface area contributed by atoms with Crippen LogP contribution in [0.25, 0.3) is 0 Å². The molecule has 1 rings (SSSR count). The van der Waals surface area contributed by atoms with Crippen LogP contribution in [-0.4, -0.2) is 46.5 Å². The molecule has 6 heteroatoms. The largest absolute Gasteiger partial charge is 0.480 e. The molecule has 0 bridgehead atoms. The summed E-state index contributed by atoms with van der Waals surface area (Å²) in [5.74, 6) is -2.26. The van der Waals surface area contributed by atoms with Crippen LogP contribution in [0.4, 0.5) is 0 Å². The van der Waals surface area contributed by atoms with Crippen LogP contribution in [0, 0.1) is 0 Å². The van der Waals surface area contributed by atoms with E-state index in [4.69, 9.17) is 10.2 Å². The predicted molar refractivity (Wildman–Crippen MR) is 60.9 cm³/mol. The Morgan fingerprint density at radius 1 is 1.12 bits per heavy atom. The fraction of sp³-hybridized carbons (Fsp3) is 0.182. The lowest BCUT2D eigenvalue weighted by atomic mass is 10.2. The van der Waals surface area contributed by atoms with E-state index in [2.05, 4.69) is 5.10 Å². The molecule has 17 heavy (non-hydrogen) atoms. The molecule has 0 amide bonds. The van der Waals surface area contributed by atoms with Crippen molar-refractivity contribution in [2.24, 2.45) is 5.10 Å². The Bertz CT molecular complexity index is 401. The van der Waals surface area contributed by atoms with Crippen molar-refractivity contribution in [1.29, 1.82) is 0 Å². The second kappa shape index (κ2) is 6.26. The first kappa shape index (κ1) is 12.7. The molecular weight excluding hydrogens is 224 g/mol. The quantitative estimate of drug-likeness (QED) is 0.554. The molecule has 0 saturated carbocycles. The van der Waals surface area contributed by atoms with E-state index < -0.39 is 25.0 Å². The number of carboxylic acids is 2. The SMILES string of the molecule is O=C(O)CN(CC(=O)O)/N=C/c1ccccc1. The molecule has 0 saturated heterocycles. The van der Waals surface area contributed by atoms with Crippen molar-refractivity contribution >= 4 is 18.2 Å². The summed E-state index contributed by atoms with van der Waals surface area (Å²) in [6.45, 7) is -0.898. The third-order valence-electron chi connectivity index (χ3n) is 1.81. The molecule has 0 heterocycles. The molecule has 6 nitrogen and oxygen atoms in total. The van der Waals surface area contributed by atoms with E-state index in [0.717, 1.165) is 10.6 Å². The number of aliphatic carboxylic acids is 2. The molecule has 1 aromatic rings. The van der Waals surface area contributed by atoms with Crippen molar-refractivity contribution in [3.05, 3.63) is 35.9 Å². The average Bonchev–Trinajstić information content (AvgIpc) is 2.26. The molecule has 1 aromatic carbocycles. The Labute approximate surface area is 97.8 Å². The molecule has 0 unspecified atom stereocenters. The molecule has 0 aliphatic carbocycles. The van der Waals surface area contributed by atoms with Crippen LogP contribution in [-0.2, 0) is 9.59 Å². The third kappa shape index (κ3) is 5.31. The maximum Gasteiger partial charge on any atom is 0.324 e. The number of rotatable bonds is 6. The van der Waals surface area contributed by atoms with Crippen LogP contribution in [0.15, 0.2) is 35.4 Å². The number of carbonyl (C=O) groups is 2. The van der Waals surface area contributed by atoms with Gasteiger partial charge in [0.1, 0.15) is 13.1 Å². The number of carboxylic acid groups (broad SMARTS) is 2. The van der Waals surface area contributed by atoms with E-state index in [9.17, 15) is 9.59 Å². The highest BCUT2D eigenvalue weighted by molar-refractivity contribution is 5.80. The van der Waals surface area contributed by atoms with Gasteiger partial charge in [0.2, 0.25) is 0 Å². The number of hydrogen-bond acceptors (Lipinski definition) is 4. The minimum Gasteiger partial charge on any atom is -0.480 e. The normalized spacial score (nSPS) is 10.4. The van der Waals surface area contributed by atoms with Gasteiger partial charge >= 0.3 is 11.9 Å². The first-order valence-electron chi connectivity index (χ1n) is 4.85. The molecule has 90 valence electrons. The first-order valence-corrected chi connectivity index (χ1v) is 4.85. The smallest absolute Gasteiger partial charge is 0.324 e. The third-order valence-corrected chi connectivity index (χ3v) is 1.81. The fourth-order valence-corrected chi connectivity index (χ4v) is 1.14. The molecule has 0 aliphatic rings. The zero-order chi connectivity index (χ0) is 12.7. The number of benzene rings is 1. The first-order chi connectivity index (χ1) is 8.08. The summed E-state index contributed by atoms with van der Waals surface area (Å²) in [7, 11) is 0. The zero-order valence-electron chi connectivity index (χ0n) is 8.98. The van der Waals surface area contributed by atoms with Crippen molar-refractivity contribution in [3.8, 4) is 0 Å². The van der Waals surface area contributed by atoms with E-state index in [1.807, 2.05) is 6.07 Å². The Morgan fingerprint density at radius 3 is 2.12 bits per heavy atom. The molecule has 2 N–H and O–H groups in total. The molecule has 0 spiro atoms. The van der Waals surface area contributed by atoms with Gasteiger partial charge in [-0.3, -0.25) is 14.6 Å². The van der Waals surface area contributed by atoms with E-state index in [1.165, 1.54) is 6.21 Å². The molecule has 0 aliphatic heterocycles. The molecule has 0 fully saturated rings. The molecule has 0 aromatic heterocycles. The Balaban J connectivity index is 2.68. The standard InChI is InChI=1S/C11H12N2O4/c14-10(15)7-13(8-11(16)17)12-6-9-4-2-1-3-5-9/h1-6H,7-8H2,(H,14,15)(H,16,17)/b12-6+. The lowest BCUT2D eigenvalue weighted by molar-refractivity contribution is -0.141.